The van der Waals surface area contributed by atoms with Gasteiger partial charge in [-0.25, -0.2) is 17.2 Å². The van der Waals surface area contributed by atoms with Crippen molar-refractivity contribution in [2.24, 2.45) is 0 Å². The van der Waals surface area contributed by atoms with E-state index in [0.29, 0.717) is 0 Å². The summed E-state index contributed by atoms with van der Waals surface area (Å²) in [5, 5.41) is 8.71. The lowest BCUT2D eigenvalue weighted by Crippen LogP contribution is -2.11. The lowest BCUT2D eigenvalue weighted by molar-refractivity contribution is 0.0697. The van der Waals surface area contributed by atoms with Crippen molar-refractivity contribution in [3.63, 3.8) is 0 Å². The van der Waals surface area contributed by atoms with Crippen LogP contribution in [0.2, 0.25) is 0 Å². The van der Waals surface area contributed by atoms with E-state index in [2.05, 4.69) is 0 Å². The third kappa shape index (κ3) is 2.07. The molecule has 1 N–H and O–H groups in total. The largest absolute Gasteiger partial charge is 0.478 e. The van der Waals surface area contributed by atoms with Crippen LogP contribution in [-0.4, -0.2) is 23.5 Å². The highest BCUT2D eigenvalue weighted by Crippen LogP contribution is 2.14. The van der Waals surface area contributed by atoms with E-state index >= 15 is 0 Å². The van der Waals surface area contributed by atoms with Gasteiger partial charge in [-0.3, -0.25) is 0 Å². The molecule has 0 radical (unpaired) electrons. The summed E-state index contributed by atoms with van der Waals surface area (Å²) in [6.45, 7) is 0. The molecule has 2 rings (SSSR count). The minimum Gasteiger partial charge on any atom is -0.478 e. The van der Waals surface area contributed by atoms with Crippen molar-refractivity contribution in [1.82, 2.24) is 3.97 Å². The van der Waals surface area contributed by atoms with E-state index in [0.717, 1.165) is 3.97 Å². The molecule has 1 heterocycles. The van der Waals surface area contributed by atoms with E-state index in [1.54, 1.807) is 12.1 Å². The normalized spacial score (nSPS) is 11.3. The molecule has 5 nitrogen and oxygen atoms in total. The van der Waals surface area contributed by atoms with Gasteiger partial charge in [0.2, 0.25) is 0 Å². The maximum atomic E-state index is 12.0. The van der Waals surface area contributed by atoms with Gasteiger partial charge in [0.15, 0.2) is 0 Å². The number of nitrogens with zero attached hydrogens (tertiary/aromatic N) is 1. The van der Waals surface area contributed by atoms with Crippen molar-refractivity contribution < 1.29 is 18.3 Å². The van der Waals surface area contributed by atoms with Crippen LogP contribution in [0.5, 0.6) is 0 Å². The average molecular weight is 251 g/mol. The standard InChI is InChI=1S/C11H9NO4S/c13-11(14)9-3-5-10(6-4-9)17(15,16)12-7-1-2-8-12/h1-8H,(H,13,14). The summed E-state index contributed by atoms with van der Waals surface area (Å²) in [7, 11) is -3.61. The average Bonchev–Trinajstić information content (AvgIpc) is 2.83. The van der Waals surface area contributed by atoms with Gasteiger partial charge in [0.1, 0.15) is 0 Å². The van der Waals surface area contributed by atoms with Gasteiger partial charge in [-0.2, -0.15) is 0 Å². The Bertz CT molecular complexity index is 627. The zero-order valence-corrected chi connectivity index (χ0v) is 9.46. The molecule has 0 atom stereocenters. The second-order valence-electron chi connectivity index (χ2n) is 3.35. The molecule has 0 amide bonds. The molecule has 1 aromatic heterocycles. The molecule has 1 aromatic carbocycles. The van der Waals surface area contributed by atoms with E-state index < -0.39 is 16.0 Å². The van der Waals surface area contributed by atoms with Gasteiger partial charge in [-0.15, -0.1) is 0 Å². The molecule has 6 heteroatoms. The Kier molecular flexibility index (Phi) is 2.72. The van der Waals surface area contributed by atoms with Crippen molar-refractivity contribution in [3.8, 4) is 0 Å². The van der Waals surface area contributed by atoms with Crippen molar-refractivity contribution >= 4 is 16.0 Å². The summed E-state index contributed by atoms with van der Waals surface area (Å²) in [5.74, 6) is -1.09. The van der Waals surface area contributed by atoms with Gasteiger partial charge in [0.05, 0.1) is 10.5 Å². The summed E-state index contributed by atoms with van der Waals surface area (Å²) in [6.07, 6.45) is 2.83. The van der Waals surface area contributed by atoms with Crippen LogP contribution in [0.1, 0.15) is 10.4 Å². The first-order chi connectivity index (χ1) is 8.01. The number of benzene rings is 1. The highest BCUT2D eigenvalue weighted by Gasteiger charge is 2.15. The molecule has 0 unspecified atom stereocenters. The zero-order chi connectivity index (χ0) is 12.5. The Balaban J connectivity index is 2.45. The van der Waals surface area contributed by atoms with Crippen LogP contribution in [0, 0.1) is 0 Å². The number of hydrogen-bond acceptors (Lipinski definition) is 3. The number of rotatable bonds is 3. The molecule has 0 saturated heterocycles. The lowest BCUT2D eigenvalue weighted by atomic mass is 10.2. The predicted molar refractivity (Wildman–Crippen MR) is 60.4 cm³/mol. The minimum atomic E-state index is -3.61. The Hall–Kier alpha value is -2.08. The molecule has 0 bridgehead atoms. The van der Waals surface area contributed by atoms with Crippen molar-refractivity contribution in [2.75, 3.05) is 0 Å². The van der Waals surface area contributed by atoms with Crippen LogP contribution < -0.4 is 0 Å². The van der Waals surface area contributed by atoms with Gasteiger partial charge in [-0.05, 0) is 36.4 Å². The molecule has 0 aliphatic heterocycles. The molecule has 2 aromatic rings. The van der Waals surface area contributed by atoms with Crippen LogP contribution in [-0.2, 0) is 10.0 Å². The second-order valence-corrected chi connectivity index (χ2v) is 5.19. The number of carboxylic acids is 1. The fourth-order valence-corrected chi connectivity index (χ4v) is 2.55. The third-order valence-corrected chi connectivity index (χ3v) is 3.92. The summed E-state index contributed by atoms with van der Waals surface area (Å²) >= 11 is 0. The van der Waals surface area contributed by atoms with Crippen molar-refractivity contribution in [2.45, 2.75) is 4.90 Å². The van der Waals surface area contributed by atoms with Crippen LogP contribution in [0.15, 0.2) is 53.7 Å². The van der Waals surface area contributed by atoms with Crippen LogP contribution >= 0.6 is 0 Å². The van der Waals surface area contributed by atoms with Gasteiger partial charge in [0.25, 0.3) is 10.0 Å². The van der Waals surface area contributed by atoms with Gasteiger partial charge < -0.3 is 5.11 Å². The molecule has 0 aliphatic rings. The zero-order valence-electron chi connectivity index (χ0n) is 8.65. The fourth-order valence-electron chi connectivity index (χ4n) is 1.37. The van der Waals surface area contributed by atoms with E-state index in [-0.39, 0.29) is 10.5 Å². The summed E-state index contributed by atoms with van der Waals surface area (Å²) in [5.41, 5.74) is 0.0523. The Morgan fingerprint density at radius 2 is 1.59 bits per heavy atom. The van der Waals surface area contributed by atoms with Crippen molar-refractivity contribution in [3.05, 3.63) is 54.4 Å². The first-order valence-electron chi connectivity index (χ1n) is 4.74. The van der Waals surface area contributed by atoms with E-state index in [4.69, 9.17) is 5.11 Å². The first kappa shape index (κ1) is 11.4. The number of hydrogen-bond donors (Lipinski definition) is 1. The predicted octanol–water partition coefficient (Wildman–Crippen LogP) is 1.42. The van der Waals surface area contributed by atoms with Gasteiger partial charge >= 0.3 is 5.97 Å². The Morgan fingerprint density at radius 1 is 1.06 bits per heavy atom. The van der Waals surface area contributed by atoms with Crippen LogP contribution in [0.3, 0.4) is 0 Å². The number of aromatic nitrogens is 1. The minimum absolute atomic E-state index is 0.0523. The van der Waals surface area contributed by atoms with E-state index in [1.165, 1.54) is 36.7 Å². The van der Waals surface area contributed by atoms with Crippen LogP contribution in [0.4, 0.5) is 0 Å². The van der Waals surface area contributed by atoms with Crippen LogP contribution in [0.25, 0.3) is 0 Å². The van der Waals surface area contributed by atoms with E-state index in [1.807, 2.05) is 0 Å². The molecule has 0 spiro atoms. The highest BCUT2D eigenvalue weighted by molar-refractivity contribution is 7.90. The Morgan fingerprint density at radius 3 is 2.06 bits per heavy atom. The molecule has 17 heavy (non-hydrogen) atoms. The summed E-state index contributed by atoms with van der Waals surface area (Å²) in [4.78, 5) is 10.7. The first-order valence-corrected chi connectivity index (χ1v) is 6.18. The topological polar surface area (TPSA) is 76.4 Å². The smallest absolute Gasteiger partial charge is 0.335 e. The number of carboxylic acid groups (broad SMARTS) is 1. The third-order valence-electron chi connectivity index (χ3n) is 2.25. The Labute approximate surface area is 98.0 Å². The maximum absolute atomic E-state index is 12.0. The molecular weight excluding hydrogens is 242 g/mol. The summed E-state index contributed by atoms with van der Waals surface area (Å²) in [6, 6.07) is 8.28. The van der Waals surface area contributed by atoms with Crippen molar-refractivity contribution in [1.29, 1.82) is 0 Å². The SMILES string of the molecule is O=C(O)c1ccc(S(=O)(=O)n2cccc2)cc1. The molecule has 88 valence electrons. The quantitative estimate of drug-likeness (QED) is 0.895. The number of aromatic carboxylic acids is 1. The molecule has 0 aliphatic carbocycles. The highest BCUT2D eigenvalue weighted by atomic mass is 32.2. The molecule has 0 fully saturated rings. The maximum Gasteiger partial charge on any atom is 0.335 e. The van der Waals surface area contributed by atoms with E-state index in [9.17, 15) is 13.2 Å². The monoisotopic (exact) mass is 251 g/mol. The fraction of sp³-hybridized carbons (Fsp3) is 0. The van der Waals surface area contributed by atoms with Gasteiger partial charge in [0, 0.05) is 12.4 Å². The van der Waals surface area contributed by atoms with Gasteiger partial charge in [-0.1, -0.05) is 0 Å². The summed E-state index contributed by atoms with van der Waals surface area (Å²) < 4.78 is 25.1. The number of carbonyl (C=O) groups is 1. The lowest BCUT2D eigenvalue weighted by Gasteiger charge is -2.05. The second kappa shape index (κ2) is 4.06. The molecular formula is C11H9NO4S. The molecule has 0 saturated carbocycles.